The van der Waals surface area contributed by atoms with E-state index in [0.29, 0.717) is 30.3 Å². The summed E-state index contributed by atoms with van der Waals surface area (Å²) in [5.41, 5.74) is 1.53. The summed E-state index contributed by atoms with van der Waals surface area (Å²) in [6, 6.07) is 7.60. The fraction of sp³-hybridized carbons (Fsp3) is 0.250. The van der Waals surface area contributed by atoms with Gasteiger partial charge in [-0.15, -0.1) is 10.2 Å². The van der Waals surface area contributed by atoms with Crippen LogP contribution in [0.2, 0.25) is 0 Å². The molecule has 0 saturated heterocycles. The number of hydrogen-bond donors (Lipinski definition) is 1. The largest absolute Gasteiger partial charge is 0.345 e. The van der Waals surface area contributed by atoms with Crippen molar-refractivity contribution in [1.82, 2.24) is 29.4 Å². The van der Waals surface area contributed by atoms with Crippen LogP contribution in [0, 0.1) is 0 Å². The van der Waals surface area contributed by atoms with E-state index >= 15 is 0 Å². The highest BCUT2D eigenvalue weighted by molar-refractivity contribution is 5.95. The summed E-state index contributed by atoms with van der Waals surface area (Å²) in [5, 5.41) is 10.8. The summed E-state index contributed by atoms with van der Waals surface area (Å²) in [4.78, 5) is 25.9. The van der Waals surface area contributed by atoms with Gasteiger partial charge in [-0.25, -0.2) is 0 Å². The van der Waals surface area contributed by atoms with Gasteiger partial charge < -0.3 is 19.2 Å². The topological polar surface area (TPSA) is 84.5 Å². The molecule has 1 aliphatic heterocycles. The van der Waals surface area contributed by atoms with Crippen LogP contribution in [-0.2, 0) is 13.1 Å². The minimum Gasteiger partial charge on any atom is -0.345 e. The number of nitrogens with zero attached hydrogens (tertiary/aromatic N) is 5. The molecule has 8 heteroatoms. The Morgan fingerprint density at radius 2 is 2.17 bits per heavy atom. The number of fused-ring (bicyclic) bond motifs is 2. The number of pyridine rings is 1. The molecule has 0 atom stereocenters. The van der Waals surface area contributed by atoms with Crippen molar-refractivity contribution in [1.29, 1.82) is 0 Å². The van der Waals surface area contributed by atoms with Gasteiger partial charge in [0.15, 0.2) is 5.82 Å². The molecule has 4 heterocycles. The Balaban J connectivity index is 1.50. The zero-order valence-corrected chi connectivity index (χ0v) is 13.1. The SMILES string of the molecule is CN1CCn2c(CNC(=O)c3cc4ccccn4c3)nnc2C1=O. The summed E-state index contributed by atoms with van der Waals surface area (Å²) < 4.78 is 3.65. The summed E-state index contributed by atoms with van der Waals surface area (Å²) in [6.45, 7) is 1.47. The molecule has 0 fully saturated rings. The van der Waals surface area contributed by atoms with Crippen LogP contribution in [0.15, 0.2) is 36.7 Å². The number of nitrogens with one attached hydrogen (secondary N) is 1. The van der Waals surface area contributed by atoms with Gasteiger partial charge >= 0.3 is 0 Å². The van der Waals surface area contributed by atoms with Gasteiger partial charge in [0.1, 0.15) is 0 Å². The number of aromatic nitrogens is 4. The van der Waals surface area contributed by atoms with Crippen LogP contribution in [0.3, 0.4) is 0 Å². The molecule has 0 unspecified atom stereocenters. The molecule has 122 valence electrons. The van der Waals surface area contributed by atoms with Gasteiger partial charge in [0, 0.05) is 38.0 Å². The van der Waals surface area contributed by atoms with E-state index in [1.807, 2.05) is 34.9 Å². The maximum Gasteiger partial charge on any atom is 0.291 e. The van der Waals surface area contributed by atoms with Crippen molar-refractivity contribution in [2.24, 2.45) is 0 Å². The Hall–Kier alpha value is -3.16. The first-order valence-corrected chi connectivity index (χ1v) is 7.66. The lowest BCUT2D eigenvalue weighted by Gasteiger charge is -2.23. The number of likely N-dealkylation sites (N-methyl/N-ethyl adjacent to an activating group) is 1. The molecule has 1 N–H and O–H groups in total. The monoisotopic (exact) mass is 324 g/mol. The third-order valence-corrected chi connectivity index (χ3v) is 4.20. The van der Waals surface area contributed by atoms with E-state index in [0.717, 1.165) is 5.52 Å². The Morgan fingerprint density at radius 1 is 1.29 bits per heavy atom. The highest BCUT2D eigenvalue weighted by Gasteiger charge is 2.26. The van der Waals surface area contributed by atoms with Gasteiger partial charge in [-0.2, -0.15) is 0 Å². The molecule has 0 radical (unpaired) electrons. The van der Waals surface area contributed by atoms with Crippen molar-refractivity contribution in [2.75, 3.05) is 13.6 Å². The van der Waals surface area contributed by atoms with Crippen molar-refractivity contribution < 1.29 is 9.59 Å². The van der Waals surface area contributed by atoms with Crippen LogP contribution in [0.1, 0.15) is 26.8 Å². The first kappa shape index (κ1) is 14.4. The van der Waals surface area contributed by atoms with Crippen molar-refractivity contribution in [3.8, 4) is 0 Å². The Bertz CT molecular complexity index is 908. The predicted octanol–water partition coefficient (Wildman–Crippen LogP) is 0.546. The minimum absolute atomic E-state index is 0.148. The third-order valence-electron chi connectivity index (χ3n) is 4.20. The second kappa shape index (κ2) is 5.48. The molecule has 3 aromatic heterocycles. The van der Waals surface area contributed by atoms with E-state index in [9.17, 15) is 9.59 Å². The molecule has 2 amide bonds. The fourth-order valence-corrected chi connectivity index (χ4v) is 2.82. The van der Waals surface area contributed by atoms with Gasteiger partial charge in [0.2, 0.25) is 5.82 Å². The average molecular weight is 324 g/mol. The van der Waals surface area contributed by atoms with Crippen LogP contribution >= 0.6 is 0 Å². The minimum atomic E-state index is -0.185. The summed E-state index contributed by atoms with van der Waals surface area (Å²) in [6.07, 6.45) is 3.67. The number of rotatable bonds is 3. The molecular weight excluding hydrogens is 308 g/mol. The van der Waals surface area contributed by atoms with Crippen LogP contribution in [-0.4, -0.2) is 49.5 Å². The molecule has 0 aromatic carbocycles. The van der Waals surface area contributed by atoms with E-state index in [-0.39, 0.29) is 18.4 Å². The molecule has 1 aliphatic rings. The van der Waals surface area contributed by atoms with Gasteiger partial charge in [-0.1, -0.05) is 6.07 Å². The molecule has 3 aromatic rings. The van der Waals surface area contributed by atoms with Gasteiger partial charge in [0.05, 0.1) is 12.1 Å². The van der Waals surface area contributed by atoms with Crippen molar-refractivity contribution in [3.63, 3.8) is 0 Å². The molecule has 4 rings (SSSR count). The third kappa shape index (κ3) is 2.32. The molecule has 0 spiro atoms. The molecule has 0 saturated carbocycles. The Labute approximate surface area is 137 Å². The lowest BCUT2D eigenvalue weighted by atomic mass is 10.3. The predicted molar refractivity (Wildman–Crippen MR) is 85.5 cm³/mol. The second-order valence-corrected chi connectivity index (χ2v) is 5.76. The van der Waals surface area contributed by atoms with E-state index in [1.165, 1.54) is 0 Å². The van der Waals surface area contributed by atoms with Crippen molar-refractivity contribution in [3.05, 3.63) is 53.9 Å². The van der Waals surface area contributed by atoms with E-state index in [4.69, 9.17) is 0 Å². The van der Waals surface area contributed by atoms with Gasteiger partial charge in [-0.05, 0) is 18.2 Å². The van der Waals surface area contributed by atoms with Crippen LogP contribution in [0.4, 0.5) is 0 Å². The fourth-order valence-electron chi connectivity index (χ4n) is 2.82. The first-order chi connectivity index (χ1) is 11.6. The van der Waals surface area contributed by atoms with Crippen LogP contribution < -0.4 is 5.32 Å². The normalized spacial score (nSPS) is 14.0. The zero-order valence-electron chi connectivity index (χ0n) is 13.1. The molecule has 0 bridgehead atoms. The van der Waals surface area contributed by atoms with Gasteiger partial charge in [0.25, 0.3) is 11.8 Å². The zero-order chi connectivity index (χ0) is 16.7. The summed E-state index contributed by atoms with van der Waals surface area (Å²) >= 11 is 0. The van der Waals surface area contributed by atoms with Crippen molar-refractivity contribution in [2.45, 2.75) is 13.1 Å². The molecular formula is C16H16N6O2. The standard InChI is InChI=1S/C16H16N6O2/c1-20-6-7-22-13(18-19-14(22)16(20)24)9-17-15(23)11-8-12-4-2-3-5-21(12)10-11/h2-5,8,10H,6-7,9H2,1H3,(H,17,23). The highest BCUT2D eigenvalue weighted by atomic mass is 16.2. The lowest BCUT2D eigenvalue weighted by Crippen LogP contribution is -2.38. The number of carbonyl (C=O) groups is 2. The molecule has 8 nitrogen and oxygen atoms in total. The quantitative estimate of drug-likeness (QED) is 0.762. The van der Waals surface area contributed by atoms with E-state index in [2.05, 4.69) is 15.5 Å². The lowest BCUT2D eigenvalue weighted by molar-refractivity contribution is 0.0740. The summed E-state index contributed by atoms with van der Waals surface area (Å²) in [7, 11) is 1.74. The first-order valence-electron chi connectivity index (χ1n) is 7.66. The molecule has 24 heavy (non-hydrogen) atoms. The average Bonchev–Trinajstić information content (AvgIpc) is 3.20. The number of hydrogen-bond acceptors (Lipinski definition) is 4. The number of amides is 2. The molecule has 0 aliphatic carbocycles. The smallest absolute Gasteiger partial charge is 0.291 e. The highest BCUT2D eigenvalue weighted by Crippen LogP contribution is 2.12. The van der Waals surface area contributed by atoms with E-state index in [1.54, 1.807) is 22.7 Å². The maximum absolute atomic E-state index is 12.3. The van der Waals surface area contributed by atoms with Crippen LogP contribution in [0.25, 0.3) is 5.52 Å². The van der Waals surface area contributed by atoms with E-state index < -0.39 is 0 Å². The number of carbonyl (C=O) groups excluding carboxylic acids is 2. The second-order valence-electron chi connectivity index (χ2n) is 5.76. The Morgan fingerprint density at radius 3 is 3.00 bits per heavy atom. The van der Waals surface area contributed by atoms with Crippen LogP contribution in [0.5, 0.6) is 0 Å². The Kier molecular flexibility index (Phi) is 3.30. The van der Waals surface area contributed by atoms with Crippen molar-refractivity contribution >= 4 is 17.3 Å². The summed E-state index contributed by atoms with van der Waals surface area (Å²) in [5.74, 6) is 0.575. The maximum atomic E-state index is 12.3. The van der Waals surface area contributed by atoms with Gasteiger partial charge in [-0.3, -0.25) is 9.59 Å².